The van der Waals surface area contributed by atoms with Crippen molar-refractivity contribution in [2.45, 2.75) is 91.6 Å². The maximum Gasteiger partial charge on any atom is 0.110 e. The van der Waals surface area contributed by atoms with Crippen molar-refractivity contribution in [3.63, 3.8) is 0 Å². The van der Waals surface area contributed by atoms with Crippen LogP contribution in [0.2, 0.25) is 0 Å². The first-order valence-electron chi connectivity index (χ1n) is 14.5. The topological polar surface area (TPSA) is 506 Å². The van der Waals surface area contributed by atoms with Crippen LogP contribution in [-0.2, 0) is 0 Å². The largest absolute Gasteiger partial charge is 0.394 e. The molecule has 0 rings (SSSR count). The highest BCUT2D eigenvalue weighted by Gasteiger charge is 2.25. The Bertz CT molecular complexity index is 508. The number of hydrogen-bond donors (Lipinski definition) is 25. The predicted octanol–water partition coefficient (Wildman–Crippen LogP) is -14.7. The maximum absolute atomic E-state index is 8.77. The molecule has 0 spiro atoms. The van der Waals surface area contributed by atoms with E-state index in [4.69, 9.17) is 128 Å². The third kappa shape index (κ3) is 28.6. The fraction of sp³-hybridized carbons (Fsp3) is 1.00. The minimum atomic E-state index is -1.49. The van der Waals surface area contributed by atoms with Gasteiger partial charge in [0, 0.05) is 0 Å². The van der Waals surface area contributed by atoms with E-state index in [0.29, 0.717) is 0 Å². The molecule has 25 heteroatoms. The molecule has 50 heavy (non-hydrogen) atoms. The zero-order valence-electron chi connectivity index (χ0n) is 26.9. The summed E-state index contributed by atoms with van der Waals surface area (Å²) in [6.45, 7) is -6.41. The Morgan fingerprint density at radius 1 is 0.160 bits per heavy atom. The Morgan fingerprint density at radius 3 is 0.260 bits per heavy atom. The summed E-state index contributed by atoms with van der Waals surface area (Å²) >= 11 is 0. The second kappa shape index (κ2) is 36.4. The van der Waals surface area contributed by atoms with Gasteiger partial charge in [-0.2, -0.15) is 0 Å². The van der Waals surface area contributed by atoms with Gasteiger partial charge in [-0.15, -0.1) is 0 Å². The maximum atomic E-state index is 8.77. The van der Waals surface area contributed by atoms with E-state index in [9.17, 15) is 0 Å². The van der Waals surface area contributed by atoms with E-state index in [0.717, 1.165) is 0 Å². The molecule has 0 saturated heterocycles. The van der Waals surface area contributed by atoms with Gasteiger partial charge in [0.25, 0.3) is 0 Å². The van der Waals surface area contributed by atoms with Crippen LogP contribution in [0.15, 0.2) is 0 Å². The molecule has 310 valence electrons. The molecule has 0 amide bonds. The van der Waals surface area contributed by atoms with Crippen LogP contribution in [0.4, 0.5) is 0 Å². The van der Waals surface area contributed by atoms with Gasteiger partial charge in [0.2, 0.25) is 0 Å². The Hall–Kier alpha value is -1.00. The Kier molecular flexibility index (Phi) is 42.4. The first-order chi connectivity index (χ1) is 23.1. The summed E-state index contributed by atoms with van der Waals surface area (Å²) in [6.07, 6.45) is -21.5. The SMILES string of the molecule is OCC(O)C(O)C(O)CO.OCC(O)C(O)C(O)CO.OCC(O)C(O)C(O)CO.OCC(O)C(O)C(O)CO.OCC(O)C(O)C(O)CO. The molecule has 10 unspecified atom stereocenters. The van der Waals surface area contributed by atoms with E-state index < -0.39 is 158 Å². The van der Waals surface area contributed by atoms with Gasteiger partial charge in [-0.25, -0.2) is 0 Å². The normalized spacial score (nSPS) is 20.1. The quantitative estimate of drug-likeness (QED) is 0.0547. The standard InChI is InChI=1S/5C5H12O5/c5*6-1-3(8)5(10)4(9)2-7/h5*3-10H,1-2H2. The Balaban J connectivity index is -0.000000169. The van der Waals surface area contributed by atoms with E-state index in [1.54, 1.807) is 0 Å². The molecule has 0 aromatic heterocycles. The average Bonchev–Trinajstić information content (AvgIpc) is 3.16. The summed E-state index contributed by atoms with van der Waals surface area (Å²) in [4.78, 5) is 0. The molecule has 10 atom stereocenters. The molecular formula is C25H60O25. The van der Waals surface area contributed by atoms with Crippen molar-refractivity contribution in [3.05, 3.63) is 0 Å². The van der Waals surface area contributed by atoms with Crippen molar-refractivity contribution in [2.75, 3.05) is 66.1 Å². The molecule has 0 saturated carbocycles. The number of aliphatic hydroxyl groups excluding tert-OH is 25. The lowest BCUT2D eigenvalue weighted by Gasteiger charge is -2.19. The van der Waals surface area contributed by atoms with E-state index in [1.807, 2.05) is 0 Å². The molecule has 0 heterocycles. The lowest BCUT2D eigenvalue weighted by molar-refractivity contribution is -0.0900. The fourth-order valence-corrected chi connectivity index (χ4v) is 2.36. The Morgan fingerprint density at radius 2 is 0.220 bits per heavy atom. The third-order valence-electron chi connectivity index (χ3n) is 5.81. The molecule has 25 N–H and O–H groups in total. The number of hydrogen-bond acceptors (Lipinski definition) is 25. The van der Waals surface area contributed by atoms with Gasteiger partial charge in [0.05, 0.1) is 66.1 Å². The molecule has 0 bridgehead atoms. The van der Waals surface area contributed by atoms with E-state index in [-0.39, 0.29) is 0 Å². The third-order valence-corrected chi connectivity index (χ3v) is 5.81. The van der Waals surface area contributed by atoms with Crippen molar-refractivity contribution in [1.82, 2.24) is 0 Å². The summed E-state index contributed by atoms with van der Waals surface area (Å²) in [5.41, 5.74) is 0. The number of rotatable bonds is 20. The van der Waals surface area contributed by atoms with Crippen molar-refractivity contribution in [1.29, 1.82) is 0 Å². The van der Waals surface area contributed by atoms with Gasteiger partial charge in [-0.3, -0.25) is 0 Å². The summed E-state index contributed by atoms with van der Waals surface area (Å²) in [5.74, 6) is 0. The fourth-order valence-electron chi connectivity index (χ4n) is 2.36. The van der Waals surface area contributed by atoms with Crippen LogP contribution >= 0.6 is 0 Å². The zero-order valence-corrected chi connectivity index (χ0v) is 26.9. The molecular weight excluding hydrogens is 700 g/mol. The van der Waals surface area contributed by atoms with Crippen molar-refractivity contribution >= 4 is 0 Å². The van der Waals surface area contributed by atoms with Crippen molar-refractivity contribution in [3.8, 4) is 0 Å². The van der Waals surface area contributed by atoms with Crippen LogP contribution in [0.1, 0.15) is 0 Å². The van der Waals surface area contributed by atoms with Gasteiger partial charge in [0.1, 0.15) is 91.6 Å². The Labute approximate surface area is 285 Å². The summed E-state index contributed by atoms with van der Waals surface area (Å²) in [5, 5.41) is 213. The molecule has 0 aliphatic rings. The minimum absolute atomic E-state index is 0.641. The first-order valence-corrected chi connectivity index (χ1v) is 14.5. The second-order valence-corrected chi connectivity index (χ2v) is 9.95. The van der Waals surface area contributed by atoms with E-state index in [1.165, 1.54) is 0 Å². The van der Waals surface area contributed by atoms with Crippen LogP contribution in [0.25, 0.3) is 0 Å². The second-order valence-electron chi connectivity index (χ2n) is 9.95. The first kappa shape index (κ1) is 58.3. The molecule has 0 aliphatic carbocycles. The van der Waals surface area contributed by atoms with Gasteiger partial charge in [0.15, 0.2) is 0 Å². The van der Waals surface area contributed by atoms with Gasteiger partial charge < -0.3 is 128 Å². The highest BCUT2D eigenvalue weighted by atomic mass is 16.4. The lowest BCUT2D eigenvalue weighted by Crippen LogP contribution is -2.41. The molecule has 0 aromatic carbocycles. The highest BCUT2D eigenvalue weighted by Crippen LogP contribution is 2.01. The van der Waals surface area contributed by atoms with Crippen LogP contribution in [0, 0.1) is 0 Å². The highest BCUT2D eigenvalue weighted by molar-refractivity contribution is 4.75. The van der Waals surface area contributed by atoms with E-state index >= 15 is 0 Å². The molecule has 0 fully saturated rings. The van der Waals surface area contributed by atoms with Gasteiger partial charge in [-0.05, 0) is 0 Å². The summed E-state index contributed by atoms with van der Waals surface area (Å²) in [6, 6.07) is 0. The summed E-state index contributed by atoms with van der Waals surface area (Å²) in [7, 11) is 0. The van der Waals surface area contributed by atoms with Crippen LogP contribution < -0.4 is 0 Å². The molecule has 25 nitrogen and oxygen atoms in total. The van der Waals surface area contributed by atoms with Crippen molar-refractivity contribution < 1.29 is 128 Å². The van der Waals surface area contributed by atoms with Crippen LogP contribution in [0.5, 0.6) is 0 Å². The molecule has 0 aliphatic heterocycles. The summed E-state index contributed by atoms with van der Waals surface area (Å²) < 4.78 is 0. The predicted molar refractivity (Wildman–Crippen MR) is 161 cm³/mol. The van der Waals surface area contributed by atoms with Gasteiger partial charge >= 0.3 is 0 Å². The smallest absolute Gasteiger partial charge is 0.110 e. The van der Waals surface area contributed by atoms with E-state index in [2.05, 4.69) is 0 Å². The average molecular weight is 761 g/mol. The van der Waals surface area contributed by atoms with Crippen LogP contribution in [0.3, 0.4) is 0 Å². The van der Waals surface area contributed by atoms with Crippen molar-refractivity contribution in [2.24, 2.45) is 0 Å². The van der Waals surface area contributed by atoms with Gasteiger partial charge in [-0.1, -0.05) is 0 Å². The lowest BCUT2D eigenvalue weighted by atomic mass is 10.1. The molecule has 0 radical (unpaired) electrons. The zero-order chi connectivity index (χ0) is 40.7. The monoisotopic (exact) mass is 760 g/mol. The molecule has 0 aromatic rings. The van der Waals surface area contributed by atoms with Crippen LogP contribution in [-0.4, -0.2) is 285 Å². The number of aliphatic hydroxyl groups is 25. The minimum Gasteiger partial charge on any atom is -0.394 e.